The maximum atomic E-state index is 12.5. The molecule has 0 amide bonds. The second-order valence-electron chi connectivity index (χ2n) is 2.60. The Morgan fingerprint density at radius 2 is 1.80 bits per heavy atom. The van der Waals surface area contributed by atoms with Crippen molar-refractivity contribution in [2.45, 2.75) is 0 Å². The fourth-order valence-corrected chi connectivity index (χ4v) is 0.993. The van der Waals surface area contributed by atoms with Crippen molar-refractivity contribution >= 4 is 11.6 Å². The van der Waals surface area contributed by atoms with Crippen LogP contribution in [0, 0.1) is 5.82 Å². The molecule has 0 unspecified atom stereocenters. The van der Waals surface area contributed by atoms with Gasteiger partial charge in [-0.1, -0.05) is 11.6 Å². The van der Waals surface area contributed by atoms with Gasteiger partial charge in [0.1, 0.15) is 10.9 Å². The van der Waals surface area contributed by atoms with E-state index in [2.05, 4.69) is 15.0 Å². The highest BCUT2D eigenvalue weighted by molar-refractivity contribution is 6.29. The highest BCUT2D eigenvalue weighted by Crippen LogP contribution is 2.17. The summed E-state index contributed by atoms with van der Waals surface area (Å²) in [5.74, 6) is -0.0809. The minimum absolute atomic E-state index is 0.0560. The van der Waals surface area contributed by atoms with Crippen molar-refractivity contribution in [2.24, 2.45) is 0 Å². The first-order valence-corrected chi connectivity index (χ1v) is 4.39. The van der Waals surface area contributed by atoms with E-state index in [0.29, 0.717) is 10.9 Å². The number of pyridine rings is 1. The molecule has 0 N–H and O–H groups in total. The first kappa shape index (κ1) is 9.79. The Kier molecular flexibility index (Phi) is 2.73. The molecule has 0 bridgehead atoms. The molecule has 2 aromatic rings. The van der Waals surface area contributed by atoms with E-state index in [9.17, 15) is 4.39 Å². The number of rotatable bonds is 2. The first-order valence-electron chi connectivity index (χ1n) is 4.01. The quantitative estimate of drug-likeness (QED) is 0.737. The molecule has 0 radical (unpaired) electrons. The van der Waals surface area contributed by atoms with Gasteiger partial charge in [0.25, 0.3) is 0 Å². The van der Waals surface area contributed by atoms with Crippen LogP contribution >= 0.6 is 11.6 Å². The van der Waals surface area contributed by atoms with Crippen LogP contribution in [0.3, 0.4) is 0 Å². The molecule has 76 valence electrons. The molecule has 0 atom stereocenters. The third kappa shape index (κ3) is 2.60. The number of hydrogen-bond donors (Lipinski definition) is 0. The third-order valence-corrected chi connectivity index (χ3v) is 1.73. The van der Waals surface area contributed by atoms with Crippen LogP contribution in [0.5, 0.6) is 11.8 Å². The van der Waals surface area contributed by atoms with Crippen LogP contribution in [-0.4, -0.2) is 15.0 Å². The lowest BCUT2D eigenvalue weighted by Crippen LogP contribution is -1.92. The topological polar surface area (TPSA) is 47.9 Å². The molecule has 6 heteroatoms. The van der Waals surface area contributed by atoms with Crippen LogP contribution in [0.15, 0.2) is 30.7 Å². The molecule has 0 spiro atoms. The van der Waals surface area contributed by atoms with E-state index < -0.39 is 5.82 Å². The average molecular weight is 226 g/mol. The lowest BCUT2D eigenvalue weighted by molar-refractivity contribution is 0.434. The minimum Gasteiger partial charge on any atom is -0.423 e. The van der Waals surface area contributed by atoms with Gasteiger partial charge in [-0.3, -0.25) is 0 Å². The molecule has 2 rings (SSSR count). The molecule has 0 aliphatic carbocycles. The normalized spacial score (nSPS) is 10.0. The smallest absolute Gasteiger partial charge is 0.322 e. The Bertz CT molecular complexity index is 402. The number of nitrogens with zero attached hydrogens (tertiary/aromatic N) is 3. The third-order valence-electron chi connectivity index (χ3n) is 1.51. The van der Waals surface area contributed by atoms with Gasteiger partial charge in [0.05, 0.1) is 18.6 Å². The Morgan fingerprint density at radius 3 is 2.40 bits per heavy atom. The molecule has 0 aliphatic heterocycles. The monoisotopic (exact) mass is 225 g/mol. The molecule has 0 aromatic carbocycles. The van der Waals surface area contributed by atoms with Gasteiger partial charge in [-0.25, -0.2) is 19.3 Å². The highest BCUT2D eigenvalue weighted by atomic mass is 35.5. The van der Waals surface area contributed by atoms with Gasteiger partial charge in [0, 0.05) is 0 Å². The fraction of sp³-hybridized carbons (Fsp3) is 0. The highest BCUT2D eigenvalue weighted by Gasteiger charge is 2.00. The number of halogens is 2. The summed E-state index contributed by atoms with van der Waals surface area (Å²) in [5.41, 5.74) is 0. The van der Waals surface area contributed by atoms with Crippen LogP contribution in [0.4, 0.5) is 4.39 Å². The van der Waals surface area contributed by atoms with Gasteiger partial charge < -0.3 is 4.74 Å². The SMILES string of the molecule is Fc1cnc(Oc2ccc(Cl)nc2)nc1. The van der Waals surface area contributed by atoms with Gasteiger partial charge in [-0.2, -0.15) is 0 Å². The molecule has 0 saturated heterocycles. The van der Waals surface area contributed by atoms with Crippen molar-refractivity contribution < 1.29 is 9.13 Å². The average Bonchev–Trinajstić information content (AvgIpc) is 2.25. The number of hydrogen-bond acceptors (Lipinski definition) is 4. The molecule has 0 saturated carbocycles. The summed E-state index contributed by atoms with van der Waals surface area (Å²) in [6.45, 7) is 0. The van der Waals surface area contributed by atoms with Gasteiger partial charge >= 0.3 is 6.01 Å². The van der Waals surface area contributed by atoms with Crippen molar-refractivity contribution in [1.82, 2.24) is 15.0 Å². The molecular formula is C9H5ClFN3O. The predicted octanol–water partition coefficient (Wildman–Crippen LogP) is 2.46. The summed E-state index contributed by atoms with van der Waals surface area (Å²) in [6, 6.07) is 3.24. The Morgan fingerprint density at radius 1 is 1.07 bits per heavy atom. The predicted molar refractivity (Wildman–Crippen MR) is 51.3 cm³/mol. The maximum absolute atomic E-state index is 12.5. The van der Waals surface area contributed by atoms with Gasteiger partial charge in [-0.15, -0.1) is 0 Å². The summed E-state index contributed by atoms with van der Waals surface area (Å²) in [7, 11) is 0. The van der Waals surface area contributed by atoms with E-state index in [1.807, 2.05) is 0 Å². The Balaban J connectivity index is 2.15. The zero-order valence-corrected chi connectivity index (χ0v) is 8.15. The van der Waals surface area contributed by atoms with E-state index in [1.165, 1.54) is 6.20 Å². The van der Waals surface area contributed by atoms with Crippen molar-refractivity contribution in [2.75, 3.05) is 0 Å². The van der Waals surface area contributed by atoms with Crippen LogP contribution in [-0.2, 0) is 0 Å². The van der Waals surface area contributed by atoms with Gasteiger partial charge in [0.2, 0.25) is 0 Å². The molecule has 0 aliphatic rings. The zero-order chi connectivity index (χ0) is 10.7. The summed E-state index contributed by atoms with van der Waals surface area (Å²) < 4.78 is 17.6. The fourth-order valence-electron chi connectivity index (χ4n) is 0.881. The van der Waals surface area contributed by atoms with Crippen LogP contribution in [0.25, 0.3) is 0 Å². The summed E-state index contributed by atoms with van der Waals surface area (Å²) in [6.07, 6.45) is 3.46. The van der Waals surface area contributed by atoms with E-state index in [4.69, 9.17) is 16.3 Å². The molecule has 2 heterocycles. The number of ether oxygens (including phenoxy) is 1. The van der Waals surface area contributed by atoms with E-state index >= 15 is 0 Å². The van der Waals surface area contributed by atoms with Crippen molar-refractivity contribution in [3.05, 3.63) is 41.7 Å². The summed E-state index contributed by atoms with van der Waals surface area (Å²) >= 11 is 5.59. The maximum Gasteiger partial charge on any atom is 0.322 e. The Labute approximate surface area is 89.7 Å². The second-order valence-corrected chi connectivity index (χ2v) is 2.99. The molecule has 4 nitrogen and oxygen atoms in total. The van der Waals surface area contributed by atoms with Crippen molar-refractivity contribution in [3.63, 3.8) is 0 Å². The molecule has 15 heavy (non-hydrogen) atoms. The summed E-state index contributed by atoms with van der Waals surface area (Å²) in [5, 5.41) is 0.363. The van der Waals surface area contributed by atoms with E-state index in [1.54, 1.807) is 12.1 Å². The van der Waals surface area contributed by atoms with Crippen LogP contribution < -0.4 is 4.74 Å². The molecular weight excluding hydrogens is 221 g/mol. The van der Waals surface area contributed by atoms with Crippen LogP contribution in [0.2, 0.25) is 5.15 Å². The Hall–Kier alpha value is -1.75. The van der Waals surface area contributed by atoms with Crippen molar-refractivity contribution in [3.8, 4) is 11.8 Å². The lowest BCUT2D eigenvalue weighted by Gasteiger charge is -2.01. The molecule has 0 fully saturated rings. The van der Waals surface area contributed by atoms with Crippen molar-refractivity contribution in [1.29, 1.82) is 0 Å². The van der Waals surface area contributed by atoms with Gasteiger partial charge in [0.15, 0.2) is 5.82 Å². The first-order chi connectivity index (χ1) is 7.24. The molecule has 2 aromatic heterocycles. The van der Waals surface area contributed by atoms with Crippen LogP contribution in [0.1, 0.15) is 0 Å². The minimum atomic E-state index is -0.517. The van der Waals surface area contributed by atoms with Gasteiger partial charge in [-0.05, 0) is 12.1 Å². The standard InChI is InChI=1S/C9H5ClFN3O/c10-8-2-1-7(5-12-8)15-9-13-3-6(11)4-14-9/h1-5H. The summed E-state index contributed by atoms with van der Waals surface area (Å²) in [4.78, 5) is 11.1. The van der Waals surface area contributed by atoms with E-state index in [0.717, 1.165) is 12.4 Å². The number of aromatic nitrogens is 3. The van der Waals surface area contributed by atoms with E-state index in [-0.39, 0.29) is 6.01 Å². The second kappa shape index (κ2) is 4.18. The zero-order valence-electron chi connectivity index (χ0n) is 7.39. The lowest BCUT2D eigenvalue weighted by atomic mass is 10.5. The largest absolute Gasteiger partial charge is 0.423 e.